The first-order valence-corrected chi connectivity index (χ1v) is 6.36. The van der Waals surface area contributed by atoms with E-state index in [1.165, 1.54) is 0 Å². The van der Waals surface area contributed by atoms with Gasteiger partial charge in [-0.2, -0.15) is 5.10 Å². The van der Waals surface area contributed by atoms with Crippen LogP contribution in [0.2, 0.25) is 0 Å². The van der Waals surface area contributed by atoms with Crippen LogP contribution in [0.1, 0.15) is 10.4 Å². The maximum absolute atomic E-state index is 11.8. The number of carbonyl (C=O) groups is 1. The number of nitrogens with zero attached hydrogens (tertiary/aromatic N) is 3. The molecule has 2 aromatic heterocycles. The summed E-state index contributed by atoms with van der Waals surface area (Å²) in [6, 6.07) is 12.9. The van der Waals surface area contributed by atoms with Crippen molar-refractivity contribution >= 4 is 17.4 Å². The van der Waals surface area contributed by atoms with E-state index in [2.05, 4.69) is 15.4 Å². The van der Waals surface area contributed by atoms with Gasteiger partial charge >= 0.3 is 0 Å². The van der Waals surface area contributed by atoms with Crippen LogP contribution in [0.25, 0.3) is 5.69 Å². The highest BCUT2D eigenvalue weighted by Crippen LogP contribution is 2.23. The number of nitrogens with two attached hydrogens (primary N) is 1. The Balaban J connectivity index is 2.09. The minimum atomic E-state index is -0.563. The smallest absolute Gasteiger partial charge is 0.254 e. The summed E-state index contributed by atoms with van der Waals surface area (Å²) in [5.74, 6) is -0.159. The molecule has 0 aliphatic rings. The molecule has 0 aliphatic heterocycles. The molecule has 0 aliphatic carbocycles. The molecule has 0 spiro atoms. The molecule has 1 aromatic carbocycles. The summed E-state index contributed by atoms with van der Waals surface area (Å²) in [4.78, 5) is 16.0. The zero-order valence-electron chi connectivity index (χ0n) is 11.1. The number of amides is 1. The largest absolute Gasteiger partial charge is 0.365 e. The number of hydrogen-bond donors (Lipinski definition) is 2. The van der Waals surface area contributed by atoms with Gasteiger partial charge in [-0.3, -0.25) is 4.79 Å². The zero-order valence-corrected chi connectivity index (χ0v) is 11.1. The lowest BCUT2D eigenvalue weighted by Gasteiger charge is -2.13. The average molecular weight is 279 g/mol. The number of para-hydroxylation sites is 1. The summed E-state index contributed by atoms with van der Waals surface area (Å²) >= 11 is 0. The van der Waals surface area contributed by atoms with Crippen LogP contribution in [0.4, 0.5) is 11.5 Å². The van der Waals surface area contributed by atoms with Gasteiger partial charge in [-0.1, -0.05) is 18.2 Å². The average Bonchev–Trinajstić information content (AvgIpc) is 3.02. The molecular formula is C15H13N5O. The van der Waals surface area contributed by atoms with Crippen LogP contribution >= 0.6 is 0 Å². The van der Waals surface area contributed by atoms with E-state index in [0.717, 1.165) is 5.69 Å². The van der Waals surface area contributed by atoms with E-state index in [1.54, 1.807) is 35.4 Å². The van der Waals surface area contributed by atoms with Crippen LogP contribution in [-0.2, 0) is 0 Å². The standard InChI is InChI=1S/C15H13N5O/c16-14(21)13-12(20-10-4-8-18-20)7-9-17-15(13)19-11-5-2-1-3-6-11/h1-10H,(H2,16,21)(H,17,19). The second kappa shape index (κ2) is 5.46. The van der Waals surface area contributed by atoms with Gasteiger partial charge in [0.25, 0.3) is 5.91 Å². The molecule has 3 N–H and O–H groups in total. The van der Waals surface area contributed by atoms with Crippen molar-refractivity contribution in [3.63, 3.8) is 0 Å². The zero-order chi connectivity index (χ0) is 14.7. The second-order valence-electron chi connectivity index (χ2n) is 4.36. The van der Waals surface area contributed by atoms with E-state index >= 15 is 0 Å². The normalized spacial score (nSPS) is 10.3. The lowest BCUT2D eigenvalue weighted by atomic mass is 10.2. The first-order valence-electron chi connectivity index (χ1n) is 6.36. The number of primary amides is 1. The van der Waals surface area contributed by atoms with Gasteiger partial charge in [0.15, 0.2) is 0 Å². The Morgan fingerprint density at radius 2 is 1.90 bits per heavy atom. The van der Waals surface area contributed by atoms with Gasteiger partial charge < -0.3 is 11.1 Å². The fourth-order valence-corrected chi connectivity index (χ4v) is 2.05. The van der Waals surface area contributed by atoms with Gasteiger partial charge in [0.05, 0.1) is 5.69 Å². The van der Waals surface area contributed by atoms with Crippen molar-refractivity contribution in [2.45, 2.75) is 0 Å². The second-order valence-corrected chi connectivity index (χ2v) is 4.36. The Labute approximate surface area is 121 Å². The van der Waals surface area contributed by atoms with Crippen LogP contribution in [0.5, 0.6) is 0 Å². The minimum Gasteiger partial charge on any atom is -0.365 e. The molecule has 21 heavy (non-hydrogen) atoms. The van der Waals surface area contributed by atoms with E-state index in [9.17, 15) is 4.79 Å². The first-order chi connectivity index (χ1) is 10.3. The molecule has 0 fully saturated rings. The van der Waals surface area contributed by atoms with E-state index < -0.39 is 5.91 Å². The van der Waals surface area contributed by atoms with Gasteiger partial charge in [-0.05, 0) is 24.3 Å². The molecule has 0 atom stereocenters. The SMILES string of the molecule is NC(=O)c1c(-n2cccn2)ccnc1Nc1ccccc1. The number of hydrogen-bond acceptors (Lipinski definition) is 4. The van der Waals surface area contributed by atoms with Crippen LogP contribution in [0.15, 0.2) is 61.1 Å². The molecular weight excluding hydrogens is 266 g/mol. The Kier molecular flexibility index (Phi) is 3.34. The maximum Gasteiger partial charge on any atom is 0.254 e. The van der Waals surface area contributed by atoms with E-state index in [-0.39, 0.29) is 0 Å². The Morgan fingerprint density at radius 3 is 2.57 bits per heavy atom. The van der Waals surface area contributed by atoms with Gasteiger partial charge in [0.2, 0.25) is 0 Å². The van der Waals surface area contributed by atoms with E-state index in [4.69, 9.17) is 5.73 Å². The van der Waals surface area contributed by atoms with Crippen LogP contribution in [-0.4, -0.2) is 20.7 Å². The third-order valence-electron chi connectivity index (χ3n) is 2.96. The summed E-state index contributed by atoms with van der Waals surface area (Å²) in [5, 5.41) is 7.23. The molecule has 6 nitrogen and oxygen atoms in total. The third kappa shape index (κ3) is 2.59. The number of pyridine rings is 1. The lowest BCUT2D eigenvalue weighted by molar-refractivity contribution is 0.100. The number of aromatic nitrogens is 3. The highest BCUT2D eigenvalue weighted by Gasteiger charge is 2.17. The van der Waals surface area contributed by atoms with Gasteiger partial charge in [-0.25, -0.2) is 9.67 Å². The number of benzene rings is 1. The van der Waals surface area contributed by atoms with Crippen molar-refractivity contribution in [2.75, 3.05) is 5.32 Å². The van der Waals surface area contributed by atoms with Gasteiger partial charge in [0, 0.05) is 24.3 Å². The molecule has 104 valence electrons. The highest BCUT2D eigenvalue weighted by atomic mass is 16.1. The fraction of sp³-hybridized carbons (Fsp3) is 0. The van der Waals surface area contributed by atoms with E-state index in [0.29, 0.717) is 17.1 Å². The quantitative estimate of drug-likeness (QED) is 0.766. The highest BCUT2D eigenvalue weighted by molar-refractivity contribution is 6.01. The predicted octanol–water partition coefficient (Wildman–Crippen LogP) is 2.11. The van der Waals surface area contributed by atoms with Crippen molar-refractivity contribution < 1.29 is 4.79 Å². The van der Waals surface area contributed by atoms with E-state index in [1.807, 2.05) is 30.3 Å². The van der Waals surface area contributed by atoms with Crippen molar-refractivity contribution in [1.29, 1.82) is 0 Å². The van der Waals surface area contributed by atoms with Gasteiger partial charge in [-0.15, -0.1) is 0 Å². The van der Waals surface area contributed by atoms with Crippen LogP contribution in [0, 0.1) is 0 Å². The summed E-state index contributed by atoms with van der Waals surface area (Å²) in [6.07, 6.45) is 4.98. The maximum atomic E-state index is 11.8. The molecule has 3 aromatic rings. The summed E-state index contributed by atoms with van der Waals surface area (Å²) in [7, 11) is 0. The molecule has 0 saturated carbocycles. The monoisotopic (exact) mass is 279 g/mol. The van der Waals surface area contributed by atoms with Crippen LogP contribution in [0.3, 0.4) is 0 Å². The third-order valence-corrected chi connectivity index (χ3v) is 2.96. The molecule has 0 radical (unpaired) electrons. The van der Waals surface area contributed by atoms with Crippen molar-refractivity contribution in [3.8, 4) is 5.69 Å². The number of carbonyl (C=O) groups excluding carboxylic acids is 1. The Morgan fingerprint density at radius 1 is 1.10 bits per heavy atom. The Bertz CT molecular complexity index is 753. The molecule has 1 amide bonds. The molecule has 0 unspecified atom stereocenters. The summed E-state index contributed by atoms with van der Waals surface area (Å²) < 4.78 is 1.58. The minimum absolute atomic E-state index is 0.296. The van der Waals surface area contributed by atoms with Crippen LogP contribution < -0.4 is 11.1 Å². The molecule has 0 saturated heterocycles. The molecule has 0 bridgehead atoms. The predicted molar refractivity (Wildman–Crippen MR) is 79.6 cm³/mol. The van der Waals surface area contributed by atoms with Gasteiger partial charge in [0.1, 0.15) is 11.4 Å². The number of rotatable bonds is 4. The van der Waals surface area contributed by atoms with Crippen molar-refractivity contribution in [3.05, 3.63) is 66.6 Å². The first kappa shape index (κ1) is 12.9. The fourth-order valence-electron chi connectivity index (χ4n) is 2.05. The number of nitrogens with one attached hydrogen (secondary N) is 1. The van der Waals surface area contributed by atoms with Crippen molar-refractivity contribution in [1.82, 2.24) is 14.8 Å². The Hall–Kier alpha value is -3.15. The molecule has 3 rings (SSSR count). The molecule has 6 heteroatoms. The van der Waals surface area contributed by atoms with Crippen molar-refractivity contribution in [2.24, 2.45) is 5.73 Å². The summed E-state index contributed by atoms with van der Waals surface area (Å²) in [6.45, 7) is 0. The molecule has 2 heterocycles. The topological polar surface area (TPSA) is 85.8 Å². The lowest BCUT2D eigenvalue weighted by Crippen LogP contribution is -2.18. The summed E-state index contributed by atoms with van der Waals surface area (Å²) in [5.41, 5.74) is 7.22. The number of anilines is 2.